The molecule has 0 amide bonds. The van der Waals surface area contributed by atoms with E-state index in [9.17, 15) is 22.7 Å². The highest BCUT2D eigenvalue weighted by Gasteiger charge is 2.24. The molecular formula is C14H10F4O2. The van der Waals surface area contributed by atoms with E-state index in [2.05, 4.69) is 0 Å². The summed E-state index contributed by atoms with van der Waals surface area (Å²) in [6.07, 6.45) is -1.82. The van der Waals surface area contributed by atoms with E-state index in [0.717, 1.165) is 6.07 Å². The molecule has 0 aliphatic carbocycles. The summed E-state index contributed by atoms with van der Waals surface area (Å²) >= 11 is 0. The Bertz CT molecular complexity index is 643. The maximum atomic E-state index is 13.8. The van der Waals surface area contributed by atoms with E-state index < -0.39 is 34.9 Å². The van der Waals surface area contributed by atoms with Crippen molar-refractivity contribution in [3.8, 4) is 5.75 Å². The fourth-order valence-electron chi connectivity index (χ4n) is 1.86. The molecule has 0 saturated carbocycles. The topological polar surface area (TPSA) is 29.5 Å². The van der Waals surface area contributed by atoms with Crippen LogP contribution in [0.25, 0.3) is 0 Å². The zero-order valence-electron chi connectivity index (χ0n) is 10.3. The Hall–Kier alpha value is -2.08. The zero-order chi connectivity index (χ0) is 14.9. The van der Waals surface area contributed by atoms with Gasteiger partial charge in [-0.1, -0.05) is 6.07 Å². The highest BCUT2D eigenvalue weighted by atomic mass is 19.2. The maximum absolute atomic E-state index is 13.8. The molecule has 2 aromatic rings. The Morgan fingerprint density at radius 3 is 2.25 bits per heavy atom. The average Bonchev–Trinajstić information content (AvgIpc) is 2.41. The first-order valence-electron chi connectivity index (χ1n) is 5.60. The second-order valence-corrected chi connectivity index (χ2v) is 4.05. The van der Waals surface area contributed by atoms with Crippen LogP contribution >= 0.6 is 0 Å². The van der Waals surface area contributed by atoms with Crippen molar-refractivity contribution in [2.45, 2.75) is 6.10 Å². The van der Waals surface area contributed by atoms with Crippen LogP contribution in [-0.4, -0.2) is 12.2 Å². The van der Waals surface area contributed by atoms with Crippen LogP contribution in [0.15, 0.2) is 30.3 Å². The Labute approximate surface area is 112 Å². The highest BCUT2D eigenvalue weighted by molar-refractivity contribution is 5.41. The van der Waals surface area contributed by atoms with Gasteiger partial charge in [0.2, 0.25) is 0 Å². The van der Waals surface area contributed by atoms with Gasteiger partial charge in [-0.15, -0.1) is 0 Å². The molecule has 2 nitrogen and oxygen atoms in total. The Morgan fingerprint density at radius 1 is 0.950 bits per heavy atom. The largest absolute Gasteiger partial charge is 0.496 e. The van der Waals surface area contributed by atoms with Crippen molar-refractivity contribution >= 4 is 0 Å². The Morgan fingerprint density at radius 2 is 1.60 bits per heavy atom. The monoisotopic (exact) mass is 286 g/mol. The third-order valence-corrected chi connectivity index (χ3v) is 2.84. The second-order valence-electron chi connectivity index (χ2n) is 4.05. The smallest absolute Gasteiger partial charge is 0.161 e. The molecule has 0 spiro atoms. The first-order valence-corrected chi connectivity index (χ1v) is 5.60. The van der Waals surface area contributed by atoms with Crippen molar-refractivity contribution in [2.24, 2.45) is 0 Å². The van der Waals surface area contributed by atoms with Gasteiger partial charge in [-0.05, 0) is 18.2 Å². The third kappa shape index (κ3) is 2.46. The minimum Gasteiger partial charge on any atom is -0.496 e. The number of hydrogen-bond acceptors (Lipinski definition) is 2. The minimum absolute atomic E-state index is 0.0263. The summed E-state index contributed by atoms with van der Waals surface area (Å²) < 4.78 is 58.2. The standard InChI is InChI=1S/C14H10F4O2/c1-20-12-4-2-3-8(15)13(12)14(19)7-5-10(17)11(18)6-9(7)16/h2-6,14,19H,1H3. The summed E-state index contributed by atoms with van der Waals surface area (Å²) in [5.74, 6) is -4.78. The quantitative estimate of drug-likeness (QED) is 0.692. The lowest BCUT2D eigenvalue weighted by atomic mass is 9.99. The maximum Gasteiger partial charge on any atom is 0.161 e. The average molecular weight is 286 g/mol. The predicted molar refractivity (Wildman–Crippen MR) is 63.3 cm³/mol. The minimum atomic E-state index is -1.82. The molecule has 20 heavy (non-hydrogen) atoms. The fourth-order valence-corrected chi connectivity index (χ4v) is 1.86. The number of halogens is 4. The van der Waals surface area contributed by atoms with E-state index in [4.69, 9.17) is 4.74 Å². The van der Waals surface area contributed by atoms with E-state index in [-0.39, 0.29) is 11.3 Å². The van der Waals surface area contributed by atoms with E-state index >= 15 is 0 Å². The summed E-state index contributed by atoms with van der Waals surface area (Å²) in [5.41, 5.74) is -0.924. The summed E-state index contributed by atoms with van der Waals surface area (Å²) in [4.78, 5) is 0. The Balaban J connectivity index is 2.57. The van der Waals surface area contributed by atoms with Crippen LogP contribution in [0.1, 0.15) is 17.2 Å². The normalized spacial score (nSPS) is 12.3. The lowest BCUT2D eigenvalue weighted by Crippen LogP contribution is -2.08. The van der Waals surface area contributed by atoms with Crippen molar-refractivity contribution in [1.29, 1.82) is 0 Å². The SMILES string of the molecule is COc1cccc(F)c1C(O)c1cc(F)c(F)cc1F. The van der Waals surface area contributed by atoms with E-state index in [0.29, 0.717) is 12.1 Å². The van der Waals surface area contributed by atoms with Crippen molar-refractivity contribution in [3.63, 3.8) is 0 Å². The first-order chi connectivity index (χ1) is 9.45. The molecule has 1 N–H and O–H groups in total. The van der Waals surface area contributed by atoms with Gasteiger partial charge in [0.05, 0.1) is 12.7 Å². The number of aliphatic hydroxyl groups is 1. The fraction of sp³-hybridized carbons (Fsp3) is 0.143. The lowest BCUT2D eigenvalue weighted by Gasteiger charge is -2.16. The molecule has 0 aromatic heterocycles. The lowest BCUT2D eigenvalue weighted by molar-refractivity contribution is 0.203. The molecule has 6 heteroatoms. The van der Waals surface area contributed by atoms with Crippen molar-refractivity contribution in [3.05, 3.63) is 64.7 Å². The van der Waals surface area contributed by atoms with E-state index in [1.165, 1.54) is 19.2 Å². The highest BCUT2D eigenvalue weighted by Crippen LogP contribution is 2.33. The van der Waals surface area contributed by atoms with Gasteiger partial charge in [0.25, 0.3) is 0 Å². The summed E-state index contributed by atoms with van der Waals surface area (Å²) in [5, 5.41) is 10.0. The third-order valence-electron chi connectivity index (χ3n) is 2.84. The van der Waals surface area contributed by atoms with E-state index in [1.54, 1.807) is 0 Å². The summed E-state index contributed by atoms with van der Waals surface area (Å²) in [6.45, 7) is 0. The molecule has 0 aliphatic heterocycles. The van der Waals surface area contributed by atoms with Crippen molar-refractivity contribution in [2.75, 3.05) is 7.11 Å². The van der Waals surface area contributed by atoms with Crippen LogP contribution in [0.4, 0.5) is 17.6 Å². The molecular weight excluding hydrogens is 276 g/mol. The van der Waals surface area contributed by atoms with Crippen LogP contribution < -0.4 is 4.74 Å². The molecule has 106 valence electrons. The molecule has 0 aliphatic rings. The molecule has 0 bridgehead atoms. The molecule has 0 heterocycles. The van der Waals surface area contributed by atoms with Gasteiger partial charge in [-0.3, -0.25) is 0 Å². The van der Waals surface area contributed by atoms with Gasteiger partial charge < -0.3 is 9.84 Å². The molecule has 0 fully saturated rings. The summed E-state index contributed by atoms with van der Waals surface area (Å²) in [7, 11) is 1.24. The van der Waals surface area contributed by atoms with Gasteiger partial charge in [-0.25, -0.2) is 17.6 Å². The number of rotatable bonds is 3. The molecule has 2 rings (SSSR count). The predicted octanol–water partition coefficient (Wildman–Crippen LogP) is 3.33. The molecule has 0 radical (unpaired) electrons. The number of ether oxygens (including phenoxy) is 1. The van der Waals surface area contributed by atoms with Gasteiger partial charge in [-0.2, -0.15) is 0 Å². The number of benzene rings is 2. The molecule has 1 atom stereocenters. The van der Waals surface area contributed by atoms with Crippen molar-refractivity contribution < 1.29 is 27.4 Å². The second kappa shape index (κ2) is 5.50. The van der Waals surface area contributed by atoms with Crippen molar-refractivity contribution in [1.82, 2.24) is 0 Å². The van der Waals surface area contributed by atoms with Crippen LogP contribution in [0.3, 0.4) is 0 Å². The summed E-state index contributed by atoms with van der Waals surface area (Å²) in [6, 6.07) is 4.52. The molecule has 1 unspecified atom stereocenters. The van der Waals surface area contributed by atoms with E-state index in [1.807, 2.05) is 0 Å². The van der Waals surface area contributed by atoms with Crippen LogP contribution in [0.2, 0.25) is 0 Å². The van der Waals surface area contributed by atoms with Gasteiger partial charge in [0.1, 0.15) is 23.5 Å². The molecule has 0 saturated heterocycles. The first kappa shape index (κ1) is 14.3. The number of hydrogen-bond donors (Lipinski definition) is 1. The van der Waals surface area contributed by atoms with Gasteiger partial charge in [0.15, 0.2) is 11.6 Å². The van der Waals surface area contributed by atoms with Crippen LogP contribution in [-0.2, 0) is 0 Å². The van der Waals surface area contributed by atoms with Gasteiger partial charge in [0, 0.05) is 11.6 Å². The number of methoxy groups -OCH3 is 1. The molecule has 2 aromatic carbocycles. The zero-order valence-corrected chi connectivity index (χ0v) is 10.3. The van der Waals surface area contributed by atoms with Crippen LogP contribution in [0, 0.1) is 23.3 Å². The van der Waals surface area contributed by atoms with Gasteiger partial charge >= 0.3 is 0 Å². The van der Waals surface area contributed by atoms with Crippen LogP contribution in [0.5, 0.6) is 5.75 Å². The Kier molecular flexibility index (Phi) is 3.94. The number of aliphatic hydroxyl groups excluding tert-OH is 1.